The van der Waals surface area contributed by atoms with Crippen LogP contribution in [0.2, 0.25) is 0 Å². The molecule has 0 fully saturated rings. The fourth-order valence-electron chi connectivity index (χ4n) is 1.77. The number of benzene rings is 1. The molecule has 0 bridgehead atoms. The van der Waals surface area contributed by atoms with Crippen LogP contribution >= 0.6 is 0 Å². The molecule has 1 radical (unpaired) electrons. The minimum absolute atomic E-state index is 0. The van der Waals surface area contributed by atoms with Gasteiger partial charge in [0.1, 0.15) is 12.4 Å². The number of aromatic nitrogens is 3. The number of hydrogen-bond donors (Lipinski definition) is 1. The summed E-state index contributed by atoms with van der Waals surface area (Å²) in [5.41, 5.74) is 2.45. The third kappa shape index (κ3) is 5.56. The second-order valence-electron chi connectivity index (χ2n) is 4.23. The van der Waals surface area contributed by atoms with E-state index < -0.39 is 0 Å². The number of ether oxygens (including phenoxy) is 1. The Morgan fingerprint density at radius 1 is 1.22 bits per heavy atom. The Bertz CT molecular complexity index is 728. The van der Waals surface area contributed by atoms with Crippen molar-refractivity contribution in [1.82, 2.24) is 15.0 Å². The van der Waals surface area contributed by atoms with Crippen LogP contribution in [-0.2, 0) is 33.7 Å². The van der Waals surface area contributed by atoms with E-state index in [2.05, 4.69) is 26.8 Å². The summed E-state index contributed by atoms with van der Waals surface area (Å²) < 4.78 is 5.54. The van der Waals surface area contributed by atoms with Gasteiger partial charge in [0.2, 0.25) is 0 Å². The fraction of sp³-hybridized carbons (Fsp3) is 0.176. The molecule has 3 rings (SSSR count). The van der Waals surface area contributed by atoms with E-state index in [1.807, 2.05) is 44.2 Å². The average Bonchev–Trinajstić information content (AvgIpc) is 3.03. The maximum atomic E-state index is 5.54. The molecule has 2 heterocycles. The Labute approximate surface area is 151 Å². The summed E-state index contributed by atoms with van der Waals surface area (Å²) in [7, 11) is 0. The van der Waals surface area contributed by atoms with Gasteiger partial charge >= 0.3 is 0 Å². The zero-order chi connectivity index (χ0) is 15.8. The number of nitrogens with one attached hydrogen (secondary N) is 1. The van der Waals surface area contributed by atoms with Crippen LogP contribution in [0, 0.1) is 0 Å². The van der Waals surface area contributed by atoms with Crippen LogP contribution in [0.1, 0.15) is 19.4 Å². The Kier molecular flexibility index (Phi) is 8.11. The van der Waals surface area contributed by atoms with E-state index in [1.165, 1.54) is 0 Å². The number of nitrogens with zero attached hydrogens (tertiary/aromatic N) is 3. The number of fused-ring (bicyclic) bond motifs is 1. The van der Waals surface area contributed by atoms with E-state index in [0.29, 0.717) is 24.0 Å². The fourth-order valence-corrected chi connectivity index (χ4v) is 1.77. The van der Waals surface area contributed by atoms with Gasteiger partial charge in [0.25, 0.3) is 0 Å². The Balaban J connectivity index is 0.000000849. The second-order valence-corrected chi connectivity index (χ2v) is 4.23. The minimum atomic E-state index is 0. The summed E-state index contributed by atoms with van der Waals surface area (Å²) in [5, 5.41) is 2.98. The first-order valence-corrected chi connectivity index (χ1v) is 7.18. The largest absolute Gasteiger partial charge is 0.475 e. The van der Waals surface area contributed by atoms with Crippen molar-refractivity contribution in [2.75, 3.05) is 5.32 Å². The van der Waals surface area contributed by atoms with E-state index in [9.17, 15) is 0 Å². The zero-order valence-electron chi connectivity index (χ0n) is 13.2. The topological polar surface area (TPSA) is 61.1 Å². The molecule has 2 aromatic heterocycles. The van der Waals surface area contributed by atoms with Gasteiger partial charge < -0.3 is 20.0 Å². The van der Waals surface area contributed by atoms with Crippen LogP contribution in [-0.4, -0.2) is 9.97 Å². The van der Waals surface area contributed by atoms with Crippen molar-refractivity contribution in [2.24, 2.45) is 0 Å². The molecule has 0 aliphatic rings. The van der Waals surface area contributed by atoms with Gasteiger partial charge in [-0.1, -0.05) is 50.4 Å². The summed E-state index contributed by atoms with van der Waals surface area (Å²) in [6.45, 7) is 8.27. The van der Waals surface area contributed by atoms with Crippen LogP contribution in [0.15, 0.2) is 61.3 Å². The van der Waals surface area contributed by atoms with E-state index in [4.69, 9.17) is 4.74 Å². The molecule has 6 heteroatoms. The molecule has 0 spiro atoms. The standard InChI is InChI=1S/C15H13N4O.C2H6.Ta/c1-11(20-10-12-5-3-2-4-6-12)18-14-9-17-15-13(19-14)7-8-16-15;1-2;/h2-9H,1,10H2,(H-,16,17,18,19);1-2H3;/q-1;;. The summed E-state index contributed by atoms with van der Waals surface area (Å²) in [6, 6.07) is 11.7. The average molecular weight is 476 g/mol. The zero-order valence-corrected chi connectivity index (χ0v) is 16.4. The van der Waals surface area contributed by atoms with Gasteiger partial charge in [0.15, 0.2) is 5.88 Å². The Morgan fingerprint density at radius 2 is 1.96 bits per heavy atom. The van der Waals surface area contributed by atoms with Crippen molar-refractivity contribution in [3.05, 3.63) is 66.8 Å². The summed E-state index contributed by atoms with van der Waals surface area (Å²) in [6.07, 6.45) is 3.28. The number of rotatable bonds is 5. The molecule has 0 saturated heterocycles. The van der Waals surface area contributed by atoms with Gasteiger partial charge in [-0.25, -0.2) is 4.98 Å². The molecular formula is C17H19N4OTa-. The first-order chi connectivity index (χ1) is 10.8. The Hall–Kier alpha value is -2.08. The van der Waals surface area contributed by atoms with Crippen LogP contribution in [0.4, 0.5) is 5.82 Å². The van der Waals surface area contributed by atoms with Gasteiger partial charge in [0.05, 0.1) is 5.52 Å². The SMILES string of the molecule is C=C(Nc1cnc2[n-]ccc2n1)OCc1ccccc1.CC.[Ta]. The van der Waals surface area contributed by atoms with Crippen molar-refractivity contribution in [2.45, 2.75) is 20.5 Å². The van der Waals surface area contributed by atoms with Crippen molar-refractivity contribution in [1.29, 1.82) is 0 Å². The summed E-state index contributed by atoms with van der Waals surface area (Å²) in [5.74, 6) is 1.02. The number of hydrogen-bond acceptors (Lipinski definition) is 4. The minimum Gasteiger partial charge on any atom is -0.475 e. The molecule has 0 aliphatic heterocycles. The quantitative estimate of drug-likeness (QED) is 0.570. The van der Waals surface area contributed by atoms with Crippen molar-refractivity contribution >= 4 is 17.0 Å². The first kappa shape index (κ1) is 19.0. The van der Waals surface area contributed by atoms with Gasteiger partial charge in [-0.2, -0.15) is 0 Å². The monoisotopic (exact) mass is 476 g/mol. The Morgan fingerprint density at radius 3 is 2.70 bits per heavy atom. The normalized spacial score (nSPS) is 9.30. The van der Waals surface area contributed by atoms with Crippen molar-refractivity contribution in [3.8, 4) is 0 Å². The number of anilines is 1. The van der Waals surface area contributed by atoms with Crippen molar-refractivity contribution in [3.63, 3.8) is 0 Å². The smallest absolute Gasteiger partial charge is 0.185 e. The molecule has 5 nitrogen and oxygen atoms in total. The van der Waals surface area contributed by atoms with Gasteiger partial charge in [-0.15, -0.1) is 0 Å². The molecule has 23 heavy (non-hydrogen) atoms. The molecule has 1 N–H and O–H groups in total. The maximum absolute atomic E-state index is 5.54. The van der Waals surface area contributed by atoms with E-state index in [0.717, 1.165) is 11.1 Å². The van der Waals surface area contributed by atoms with E-state index in [1.54, 1.807) is 18.5 Å². The third-order valence-electron chi connectivity index (χ3n) is 2.73. The predicted molar refractivity (Wildman–Crippen MR) is 88.2 cm³/mol. The second kappa shape index (κ2) is 9.84. The molecule has 0 unspecified atom stereocenters. The maximum Gasteiger partial charge on any atom is 0.185 e. The predicted octanol–water partition coefficient (Wildman–Crippen LogP) is 3.71. The van der Waals surface area contributed by atoms with E-state index in [-0.39, 0.29) is 22.4 Å². The molecule has 3 aromatic rings. The molecule has 0 saturated carbocycles. The molecule has 0 amide bonds. The van der Waals surface area contributed by atoms with Crippen LogP contribution in [0.25, 0.3) is 11.2 Å². The van der Waals surface area contributed by atoms with Crippen LogP contribution in [0.5, 0.6) is 0 Å². The van der Waals surface area contributed by atoms with Crippen LogP contribution in [0.3, 0.4) is 0 Å². The van der Waals surface area contributed by atoms with E-state index >= 15 is 0 Å². The molecule has 119 valence electrons. The third-order valence-corrected chi connectivity index (χ3v) is 2.73. The molecule has 1 aromatic carbocycles. The van der Waals surface area contributed by atoms with Crippen molar-refractivity contribution < 1.29 is 27.1 Å². The molecule has 0 aliphatic carbocycles. The van der Waals surface area contributed by atoms with Gasteiger partial charge in [-0.05, 0) is 30.1 Å². The van der Waals surface area contributed by atoms with Gasteiger partial charge in [-0.3, -0.25) is 0 Å². The summed E-state index contributed by atoms with van der Waals surface area (Å²) >= 11 is 0. The summed E-state index contributed by atoms with van der Waals surface area (Å²) in [4.78, 5) is 12.6. The van der Waals surface area contributed by atoms with Crippen LogP contribution < -0.4 is 10.3 Å². The first-order valence-electron chi connectivity index (χ1n) is 7.18. The molecular weight excluding hydrogens is 457 g/mol. The molecule has 0 atom stereocenters. The van der Waals surface area contributed by atoms with Gasteiger partial charge in [0, 0.05) is 22.4 Å².